The van der Waals surface area contributed by atoms with Crippen molar-refractivity contribution in [2.45, 2.75) is 12.7 Å². The third-order valence-electron chi connectivity index (χ3n) is 2.76. The number of aromatic hydroxyl groups is 1. The van der Waals surface area contributed by atoms with Crippen molar-refractivity contribution < 1.29 is 9.90 Å². The fourth-order valence-electron chi connectivity index (χ4n) is 1.80. The molecule has 0 spiro atoms. The summed E-state index contributed by atoms with van der Waals surface area (Å²) in [6, 6.07) is 5.78. The molecule has 7 heteroatoms. The van der Waals surface area contributed by atoms with Crippen molar-refractivity contribution >= 4 is 23.4 Å². The maximum atomic E-state index is 12.2. The van der Waals surface area contributed by atoms with Crippen LogP contribution in [0.2, 0.25) is 0 Å². The van der Waals surface area contributed by atoms with E-state index < -0.39 is 5.91 Å². The number of nitrogens with one attached hydrogen (secondary N) is 2. The average Bonchev–Trinajstić information content (AvgIpc) is 2.41. The molecule has 0 atom stereocenters. The first-order chi connectivity index (χ1) is 9.99. The zero-order valence-corrected chi connectivity index (χ0v) is 12.5. The Balaban J connectivity index is 2.25. The summed E-state index contributed by atoms with van der Waals surface area (Å²) >= 11 is 1.50. The molecular weight excluding hydrogens is 290 g/mol. The number of amides is 1. The van der Waals surface area contributed by atoms with E-state index in [0.717, 1.165) is 11.6 Å². The Morgan fingerprint density at radius 3 is 2.86 bits per heavy atom. The number of hydrogen-bond acceptors (Lipinski definition) is 5. The smallest absolute Gasteiger partial charge is 0.274 e. The van der Waals surface area contributed by atoms with E-state index in [9.17, 15) is 14.7 Å². The van der Waals surface area contributed by atoms with Crippen LogP contribution in [0, 0.1) is 6.92 Å². The van der Waals surface area contributed by atoms with Gasteiger partial charge in [0.2, 0.25) is 0 Å². The molecule has 110 valence electrons. The summed E-state index contributed by atoms with van der Waals surface area (Å²) < 4.78 is 0. The van der Waals surface area contributed by atoms with Gasteiger partial charge in [-0.2, -0.15) is 11.8 Å². The highest BCUT2D eigenvalue weighted by atomic mass is 32.2. The van der Waals surface area contributed by atoms with Gasteiger partial charge in [0, 0.05) is 11.8 Å². The lowest BCUT2D eigenvalue weighted by Gasteiger charge is -2.08. The lowest BCUT2D eigenvalue weighted by atomic mass is 10.2. The van der Waals surface area contributed by atoms with Crippen molar-refractivity contribution in [2.75, 3.05) is 11.6 Å². The first-order valence-electron chi connectivity index (χ1n) is 6.19. The van der Waals surface area contributed by atoms with E-state index >= 15 is 0 Å². The Kier molecular flexibility index (Phi) is 4.64. The molecule has 1 heterocycles. The third kappa shape index (κ3) is 3.85. The van der Waals surface area contributed by atoms with Crippen LogP contribution < -0.4 is 10.9 Å². The van der Waals surface area contributed by atoms with E-state index in [-0.39, 0.29) is 17.0 Å². The largest absolute Gasteiger partial charge is 0.508 e. The van der Waals surface area contributed by atoms with E-state index in [1.54, 1.807) is 19.1 Å². The molecular formula is C14H15N3O3S. The number of carbonyl (C=O) groups excluding carboxylic acids is 1. The van der Waals surface area contributed by atoms with Crippen LogP contribution in [0.25, 0.3) is 0 Å². The minimum absolute atomic E-state index is 0.0651. The van der Waals surface area contributed by atoms with Crippen LogP contribution in [-0.2, 0) is 5.75 Å². The molecule has 2 rings (SSSR count). The maximum absolute atomic E-state index is 12.2. The number of phenols is 1. The summed E-state index contributed by atoms with van der Waals surface area (Å²) in [6.07, 6.45) is 1.88. The van der Waals surface area contributed by atoms with Crippen LogP contribution in [0.3, 0.4) is 0 Å². The van der Waals surface area contributed by atoms with Crippen LogP contribution in [0.1, 0.15) is 21.9 Å². The zero-order chi connectivity index (χ0) is 15.4. The third-order valence-corrected chi connectivity index (χ3v) is 3.32. The highest BCUT2D eigenvalue weighted by Gasteiger charge is 2.12. The lowest BCUT2D eigenvalue weighted by Crippen LogP contribution is -2.20. The van der Waals surface area contributed by atoms with Crippen LogP contribution in [0.4, 0.5) is 5.69 Å². The Morgan fingerprint density at radius 1 is 1.43 bits per heavy atom. The highest BCUT2D eigenvalue weighted by molar-refractivity contribution is 7.97. The predicted octanol–water partition coefficient (Wildman–Crippen LogP) is 1.90. The Bertz CT molecular complexity index is 728. The predicted molar refractivity (Wildman–Crippen MR) is 82.9 cm³/mol. The first kappa shape index (κ1) is 15.1. The lowest BCUT2D eigenvalue weighted by molar-refractivity contribution is 0.102. The number of anilines is 1. The normalized spacial score (nSPS) is 10.4. The number of benzene rings is 1. The summed E-state index contributed by atoms with van der Waals surface area (Å²) in [5, 5.41) is 12.0. The number of nitrogens with zero attached hydrogens (tertiary/aromatic N) is 1. The number of phenolic OH excluding ortho intramolecular Hbond substituents is 1. The van der Waals surface area contributed by atoms with Crippen molar-refractivity contribution in [3.63, 3.8) is 0 Å². The van der Waals surface area contributed by atoms with Crippen molar-refractivity contribution in [1.29, 1.82) is 0 Å². The van der Waals surface area contributed by atoms with Crippen molar-refractivity contribution in [1.82, 2.24) is 9.97 Å². The van der Waals surface area contributed by atoms with Gasteiger partial charge in [0.15, 0.2) is 0 Å². The van der Waals surface area contributed by atoms with Crippen LogP contribution in [-0.4, -0.2) is 27.2 Å². The van der Waals surface area contributed by atoms with Gasteiger partial charge in [0.05, 0.1) is 5.75 Å². The second-order valence-electron chi connectivity index (χ2n) is 4.46. The van der Waals surface area contributed by atoms with Crippen LogP contribution in [0.15, 0.2) is 29.1 Å². The van der Waals surface area contributed by atoms with Gasteiger partial charge in [0.1, 0.15) is 17.3 Å². The summed E-state index contributed by atoms with van der Waals surface area (Å²) in [5.41, 5.74) is 0.987. The number of aromatic amines is 1. The monoisotopic (exact) mass is 305 g/mol. The molecule has 1 aromatic heterocycles. The van der Waals surface area contributed by atoms with Gasteiger partial charge in [-0.05, 0) is 36.9 Å². The first-order valence-corrected chi connectivity index (χ1v) is 7.59. The molecule has 3 N–H and O–H groups in total. The maximum Gasteiger partial charge on any atom is 0.274 e. The molecule has 2 aromatic rings. The summed E-state index contributed by atoms with van der Waals surface area (Å²) in [4.78, 5) is 30.4. The molecule has 0 fully saturated rings. The second kappa shape index (κ2) is 6.45. The fourth-order valence-corrected chi connectivity index (χ4v) is 2.21. The van der Waals surface area contributed by atoms with Crippen LogP contribution in [0.5, 0.6) is 5.75 Å². The van der Waals surface area contributed by atoms with E-state index in [2.05, 4.69) is 15.3 Å². The molecule has 0 saturated heterocycles. The molecule has 21 heavy (non-hydrogen) atoms. The SMILES string of the molecule is CSCc1nc(C(=O)Nc2ccc(O)cc2C)cc(=O)[nH]1. The van der Waals surface area contributed by atoms with E-state index in [1.165, 1.54) is 17.8 Å². The number of thioether (sulfide) groups is 1. The summed E-state index contributed by atoms with van der Waals surface area (Å²) in [6.45, 7) is 1.76. The van der Waals surface area contributed by atoms with Crippen molar-refractivity contribution in [3.8, 4) is 5.75 Å². The fraction of sp³-hybridized carbons (Fsp3) is 0.214. The Labute approximate surface area is 125 Å². The molecule has 0 aliphatic carbocycles. The molecule has 0 bridgehead atoms. The topological polar surface area (TPSA) is 95.1 Å². The van der Waals surface area contributed by atoms with E-state index in [0.29, 0.717) is 17.3 Å². The summed E-state index contributed by atoms with van der Waals surface area (Å²) in [5.74, 6) is 0.649. The number of aromatic nitrogens is 2. The molecule has 6 nitrogen and oxygen atoms in total. The zero-order valence-electron chi connectivity index (χ0n) is 11.6. The van der Waals surface area contributed by atoms with Gasteiger partial charge in [-0.15, -0.1) is 0 Å². The van der Waals surface area contributed by atoms with E-state index in [1.807, 2.05) is 6.26 Å². The second-order valence-corrected chi connectivity index (χ2v) is 5.33. The number of aryl methyl sites for hydroxylation is 1. The van der Waals surface area contributed by atoms with Gasteiger partial charge < -0.3 is 15.4 Å². The Hall–Kier alpha value is -2.28. The van der Waals surface area contributed by atoms with Crippen LogP contribution >= 0.6 is 11.8 Å². The molecule has 0 aliphatic rings. The van der Waals surface area contributed by atoms with Gasteiger partial charge in [0.25, 0.3) is 11.5 Å². The van der Waals surface area contributed by atoms with Gasteiger partial charge in [-0.3, -0.25) is 9.59 Å². The number of hydrogen-bond donors (Lipinski definition) is 3. The summed E-state index contributed by atoms with van der Waals surface area (Å²) in [7, 11) is 0. The molecule has 0 unspecified atom stereocenters. The van der Waals surface area contributed by atoms with Gasteiger partial charge in [-0.1, -0.05) is 0 Å². The van der Waals surface area contributed by atoms with Crippen molar-refractivity contribution in [2.24, 2.45) is 0 Å². The number of carbonyl (C=O) groups is 1. The molecule has 1 aromatic carbocycles. The number of rotatable bonds is 4. The van der Waals surface area contributed by atoms with Gasteiger partial charge >= 0.3 is 0 Å². The molecule has 1 amide bonds. The molecule has 0 saturated carbocycles. The quantitative estimate of drug-likeness (QED) is 0.750. The standard InChI is InChI=1S/C14H15N3O3S/c1-8-5-9(18)3-4-10(8)16-14(20)11-6-13(19)17-12(15-11)7-21-2/h3-6,18H,7H2,1-2H3,(H,16,20)(H,15,17,19). The molecule has 0 aliphatic heterocycles. The number of H-pyrrole nitrogens is 1. The Morgan fingerprint density at radius 2 is 2.19 bits per heavy atom. The van der Waals surface area contributed by atoms with E-state index in [4.69, 9.17) is 0 Å². The minimum atomic E-state index is -0.461. The average molecular weight is 305 g/mol. The van der Waals surface area contributed by atoms with Crippen molar-refractivity contribution in [3.05, 3.63) is 51.7 Å². The minimum Gasteiger partial charge on any atom is -0.508 e. The van der Waals surface area contributed by atoms with Gasteiger partial charge in [-0.25, -0.2) is 4.98 Å². The highest BCUT2D eigenvalue weighted by Crippen LogP contribution is 2.20. The molecule has 0 radical (unpaired) electrons.